The summed E-state index contributed by atoms with van der Waals surface area (Å²) in [5, 5.41) is 0. The maximum absolute atomic E-state index is 12.8. The molecule has 0 aliphatic heterocycles. The minimum absolute atomic E-state index is 0.134. The lowest BCUT2D eigenvalue weighted by molar-refractivity contribution is 0.0429. The van der Waals surface area contributed by atoms with Crippen LogP contribution in [0.25, 0.3) is 11.4 Å². The van der Waals surface area contributed by atoms with Crippen molar-refractivity contribution in [3.63, 3.8) is 0 Å². The molecule has 0 unspecified atom stereocenters. The van der Waals surface area contributed by atoms with Crippen molar-refractivity contribution in [1.29, 1.82) is 0 Å². The van der Waals surface area contributed by atoms with Gasteiger partial charge in [-0.25, -0.2) is 19.6 Å². The minimum Gasteiger partial charge on any atom is -0.443 e. The Morgan fingerprint density at radius 3 is 2.14 bits per heavy atom. The number of rotatable bonds is 3. The Hall–Kier alpha value is -2.90. The molecule has 0 spiro atoms. The molecule has 1 aliphatic rings. The number of nitrogens with zero attached hydrogens (tertiary/aromatic N) is 4. The first-order valence-electron chi connectivity index (χ1n) is 9.70. The predicted molar refractivity (Wildman–Crippen MR) is 109 cm³/mol. The van der Waals surface area contributed by atoms with Crippen LogP contribution in [-0.4, -0.2) is 37.9 Å². The van der Waals surface area contributed by atoms with Crippen molar-refractivity contribution in [1.82, 2.24) is 14.5 Å². The first kappa shape index (κ1) is 20.8. The molecule has 1 aliphatic carbocycles. The number of pyridine rings is 1. The molecule has 8 heteroatoms. The van der Waals surface area contributed by atoms with E-state index in [-0.39, 0.29) is 5.82 Å². The summed E-state index contributed by atoms with van der Waals surface area (Å²) >= 11 is 0. The van der Waals surface area contributed by atoms with Gasteiger partial charge < -0.3 is 14.0 Å². The van der Waals surface area contributed by atoms with E-state index in [1.165, 1.54) is 0 Å². The van der Waals surface area contributed by atoms with Gasteiger partial charge in [0.2, 0.25) is 0 Å². The second kappa shape index (κ2) is 7.50. The standard InChI is InChI=1S/C21H28N4O4/c1-20(2,3)28-18(26)25(19(27)29-21(4,5)6)17-9-7-8-15(23-17)16-12-22-13-24(16)14-10-11-14/h7-9,12-14H,10-11H2,1-6H3. The van der Waals surface area contributed by atoms with E-state index in [1.54, 1.807) is 66.2 Å². The van der Waals surface area contributed by atoms with Crippen LogP contribution < -0.4 is 4.90 Å². The average Bonchev–Trinajstić information content (AvgIpc) is 3.28. The number of carbonyl (C=O) groups is 2. The summed E-state index contributed by atoms with van der Waals surface area (Å²) in [6, 6.07) is 5.56. The van der Waals surface area contributed by atoms with E-state index in [2.05, 4.69) is 14.5 Å². The van der Waals surface area contributed by atoms with Gasteiger partial charge >= 0.3 is 12.2 Å². The molecule has 2 aromatic rings. The van der Waals surface area contributed by atoms with Gasteiger partial charge in [0.05, 0.1) is 23.9 Å². The maximum atomic E-state index is 12.8. The Kier molecular flexibility index (Phi) is 5.38. The predicted octanol–water partition coefficient (Wildman–Crippen LogP) is 4.96. The number of hydrogen-bond donors (Lipinski definition) is 0. The molecule has 0 bridgehead atoms. The summed E-state index contributed by atoms with van der Waals surface area (Å²) in [6.45, 7) is 10.4. The van der Waals surface area contributed by atoms with Crippen LogP contribution in [0.2, 0.25) is 0 Å². The molecule has 2 amide bonds. The third kappa shape index (κ3) is 5.34. The largest absolute Gasteiger partial charge is 0.443 e. The molecule has 2 aromatic heterocycles. The summed E-state index contributed by atoms with van der Waals surface area (Å²) in [5.41, 5.74) is -0.106. The number of aromatic nitrogens is 3. The van der Waals surface area contributed by atoms with E-state index >= 15 is 0 Å². The highest BCUT2D eigenvalue weighted by Gasteiger charge is 2.34. The third-order valence-electron chi connectivity index (χ3n) is 3.98. The van der Waals surface area contributed by atoms with Gasteiger partial charge in [-0.3, -0.25) is 0 Å². The zero-order chi connectivity index (χ0) is 21.4. The van der Waals surface area contributed by atoms with Gasteiger partial charge in [0.1, 0.15) is 17.0 Å². The zero-order valence-electron chi connectivity index (χ0n) is 17.8. The van der Waals surface area contributed by atoms with Gasteiger partial charge in [-0.15, -0.1) is 0 Å². The van der Waals surface area contributed by atoms with E-state index in [9.17, 15) is 9.59 Å². The lowest BCUT2D eigenvalue weighted by Gasteiger charge is -2.28. The van der Waals surface area contributed by atoms with Gasteiger partial charge in [-0.1, -0.05) is 6.07 Å². The summed E-state index contributed by atoms with van der Waals surface area (Å²) in [7, 11) is 0. The fraction of sp³-hybridized carbons (Fsp3) is 0.524. The van der Waals surface area contributed by atoms with Crippen LogP contribution in [0.15, 0.2) is 30.7 Å². The van der Waals surface area contributed by atoms with Crippen molar-refractivity contribution in [2.45, 2.75) is 71.6 Å². The topological polar surface area (TPSA) is 86.5 Å². The monoisotopic (exact) mass is 400 g/mol. The normalized spacial score (nSPS) is 14.4. The van der Waals surface area contributed by atoms with Crippen molar-refractivity contribution in [2.24, 2.45) is 0 Å². The van der Waals surface area contributed by atoms with Crippen LogP contribution >= 0.6 is 0 Å². The number of ether oxygens (including phenoxy) is 2. The van der Waals surface area contributed by atoms with Crippen molar-refractivity contribution < 1.29 is 19.1 Å². The van der Waals surface area contributed by atoms with Crippen LogP contribution in [0.5, 0.6) is 0 Å². The maximum Gasteiger partial charge on any atom is 0.425 e. The lowest BCUT2D eigenvalue weighted by atomic mass is 10.2. The number of amides is 2. The number of anilines is 1. The fourth-order valence-electron chi connectivity index (χ4n) is 2.71. The van der Waals surface area contributed by atoms with E-state index in [1.807, 2.05) is 6.07 Å². The van der Waals surface area contributed by atoms with E-state index in [0.29, 0.717) is 11.7 Å². The summed E-state index contributed by atoms with van der Waals surface area (Å²) in [5.74, 6) is 0.134. The minimum atomic E-state index is -0.841. The molecule has 1 saturated carbocycles. The molecular formula is C21H28N4O4. The van der Waals surface area contributed by atoms with Gasteiger partial charge in [-0.2, -0.15) is 4.90 Å². The number of imide groups is 1. The van der Waals surface area contributed by atoms with Gasteiger partial charge in [0.15, 0.2) is 0 Å². The Balaban J connectivity index is 1.97. The van der Waals surface area contributed by atoms with Crippen LogP contribution in [0.1, 0.15) is 60.4 Å². The molecule has 3 rings (SSSR count). The van der Waals surface area contributed by atoms with Gasteiger partial charge in [-0.05, 0) is 66.5 Å². The summed E-state index contributed by atoms with van der Waals surface area (Å²) in [4.78, 5) is 35.2. The molecule has 0 N–H and O–H groups in total. The van der Waals surface area contributed by atoms with Crippen LogP contribution in [0, 0.1) is 0 Å². The van der Waals surface area contributed by atoms with E-state index in [4.69, 9.17) is 9.47 Å². The highest BCUT2D eigenvalue weighted by atomic mass is 16.6. The highest BCUT2D eigenvalue weighted by Crippen LogP contribution is 2.38. The van der Waals surface area contributed by atoms with Crippen LogP contribution in [0.3, 0.4) is 0 Å². The van der Waals surface area contributed by atoms with Gasteiger partial charge in [0, 0.05) is 6.04 Å². The van der Waals surface area contributed by atoms with Crippen molar-refractivity contribution in [3.05, 3.63) is 30.7 Å². The van der Waals surface area contributed by atoms with Gasteiger partial charge in [0.25, 0.3) is 0 Å². The molecule has 156 valence electrons. The van der Waals surface area contributed by atoms with E-state index in [0.717, 1.165) is 23.4 Å². The summed E-state index contributed by atoms with van der Waals surface area (Å²) < 4.78 is 12.9. The second-order valence-electron chi connectivity index (χ2n) is 9.09. The first-order chi connectivity index (χ1) is 13.4. The molecule has 0 saturated heterocycles. The smallest absolute Gasteiger partial charge is 0.425 e. The number of imidazole rings is 1. The molecule has 1 fully saturated rings. The lowest BCUT2D eigenvalue weighted by Crippen LogP contribution is -2.44. The molecule has 0 atom stereocenters. The average molecular weight is 400 g/mol. The molecule has 29 heavy (non-hydrogen) atoms. The molecular weight excluding hydrogens is 372 g/mol. The van der Waals surface area contributed by atoms with Crippen molar-refractivity contribution in [2.75, 3.05) is 4.90 Å². The SMILES string of the molecule is CC(C)(C)OC(=O)N(C(=O)OC(C)(C)C)c1cccc(-c2cncn2C2CC2)n1. The molecule has 8 nitrogen and oxygen atoms in total. The fourth-order valence-corrected chi connectivity index (χ4v) is 2.71. The van der Waals surface area contributed by atoms with E-state index < -0.39 is 23.4 Å². The Bertz CT molecular complexity index is 876. The Morgan fingerprint density at radius 2 is 1.62 bits per heavy atom. The van der Waals surface area contributed by atoms with Crippen molar-refractivity contribution >= 4 is 18.0 Å². The third-order valence-corrected chi connectivity index (χ3v) is 3.98. The number of carbonyl (C=O) groups excluding carboxylic acids is 2. The molecule has 2 heterocycles. The first-order valence-corrected chi connectivity index (χ1v) is 9.70. The quantitative estimate of drug-likeness (QED) is 0.724. The summed E-state index contributed by atoms with van der Waals surface area (Å²) in [6.07, 6.45) is 4.03. The van der Waals surface area contributed by atoms with Crippen LogP contribution in [0.4, 0.5) is 15.4 Å². The molecule has 0 aromatic carbocycles. The molecule has 0 radical (unpaired) electrons. The number of hydrogen-bond acceptors (Lipinski definition) is 6. The van der Waals surface area contributed by atoms with Crippen molar-refractivity contribution in [3.8, 4) is 11.4 Å². The highest BCUT2D eigenvalue weighted by molar-refractivity contribution is 6.08. The Labute approximate surface area is 170 Å². The second-order valence-corrected chi connectivity index (χ2v) is 9.09. The Morgan fingerprint density at radius 1 is 1.03 bits per heavy atom. The zero-order valence-corrected chi connectivity index (χ0v) is 17.8. The van der Waals surface area contributed by atoms with Crippen LogP contribution in [-0.2, 0) is 9.47 Å².